The monoisotopic (exact) mass is 329 g/mol. The molecule has 0 bridgehead atoms. The van der Waals surface area contributed by atoms with Gasteiger partial charge >= 0.3 is 6.09 Å². The van der Waals surface area contributed by atoms with Gasteiger partial charge in [-0.3, -0.25) is 0 Å². The third kappa shape index (κ3) is 3.62. The molecule has 0 aromatic heterocycles. The molecule has 128 valence electrons. The number of carbonyl (C=O) groups is 1. The Kier molecular flexibility index (Phi) is 5.02. The molecule has 0 saturated heterocycles. The van der Waals surface area contributed by atoms with Crippen LogP contribution in [0.1, 0.15) is 25.0 Å². The highest BCUT2D eigenvalue weighted by atomic mass is 16.6. The van der Waals surface area contributed by atoms with Crippen LogP contribution in [0.5, 0.6) is 11.5 Å². The lowest BCUT2D eigenvalue weighted by molar-refractivity contribution is 0.0429. The molecular weight excluding hydrogens is 306 g/mol. The van der Waals surface area contributed by atoms with Crippen molar-refractivity contribution in [3.63, 3.8) is 0 Å². The summed E-state index contributed by atoms with van der Waals surface area (Å²) < 4.78 is 16.3. The van der Waals surface area contributed by atoms with E-state index in [1.807, 2.05) is 43.3 Å². The minimum absolute atomic E-state index is 0.634. The maximum Gasteiger partial charge on any atom is 0.405 e. The fraction of sp³-hybridized carbons (Fsp3) is 0.316. The zero-order chi connectivity index (χ0) is 17.9. The average molecular weight is 329 g/mol. The van der Waals surface area contributed by atoms with Gasteiger partial charge in [0.2, 0.25) is 0 Å². The summed E-state index contributed by atoms with van der Waals surface area (Å²) in [5, 5.41) is 0. The summed E-state index contributed by atoms with van der Waals surface area (Å²) in [7, 11) is 3.19. The summed E-state index contributed by atoms with van der Waals surface area (Å²) in [4.78, 5) is 11.2. The Bertz CT molecular complexity index is 711. The van der Waals surface area contributed by atoms with Crippen molar-refractivity contribution in [1.29, 1.82) is 0 Å². The van der Waals surface area contributed by atoms with Crippen LogP contribution in [-0.4, -0.2) is 20.3 Å². The van der Waals surface area contributed by atoms with Crippen molar-refractivity contribution in [2.75, 3.05) is 14.2 Å². The number of methoxy groups -OCH3 is 2. The van der Waals surface area contributed by atoms with Gasteiger partial charge in [-0.2, -0.15) is 0 Å². The molecular formula is C19H23NO4. The van der Waals surface area contributed by atoms with Crippen molar-refractivity contribution in [1.82, 2.24) is 0 Å². The molecule has 0 aliphatic carbocycles. The Balaban J connectivity index is 2.62. The van der Waals surface area contributed by atoms with E-state index in [0.717, 1.165) is 16.7 Å². The standard InChI is InChI=1S/C19H23NO4/c1-12-6-8-13(9-7-12)17-15(22-4)10-14(11-16(17)23-5)19(2,3)24-18(20)21/h6-11H,1-5H3,(H2,20,21). The van der Waals surface area contributed by atoms with Crippen molar-refractivity contribution in [3.05, 3.63) is 47.5 Å². The number of primary amides is 1. The first-order valence-electron chi connectivity index (χ1n) is 7.60. The number of rotatable bonds is 5. The fourth-order valence-corrected chi connectivity index (χ4v) is 2.57. The molecule has 5 nitrogen and oxygen atoms in total. The van der Waals surface area contributed by atoms with Crippen molar-refractivity contribution < 1.29 is 19.0 Å². The van der Waals surface area contributed by atoms with E-state index >= 15 is 0 Å². The number of ether oxygens (including phenoxy) is 3. The van der Waals surface area contributed by atoms with Gasteiger partial charge in [0.15, 0.2) is 0 Å². The van der Waals surface area contributed by atoms with Gasteiger partial charge in [-0.15, -0.1) is 0 Å². The van der Waals surface area contributed by atoms with Crippen LogP contribution in [0.25, 0.3) is 11.1 Å². The normalized spacial score (nSPS) is 11.0. The van der Waals surface area contributed by atoms with E-state index in [-0.39, 0.29) is 0 Å². The average Bonchev–Trinajstić information content (AvgIpc) is 2.53. The minimum atomic E-state index is -0.905. The Morgan fingerprint density at radius 1 is 1.00 bits per heavy atom. The second-order valence-corrected chi connectivity index (χ2v) is 6.05. The second-order valence-electron chi connectivity index (χ2n) is 6.05. The zero-order valence-electron chi connectivity index (χ0n) is 14.7. The van der Waals surface area contributed by atoms with Crippen molar-refractivity contribution in [2.24, 2.45) is 5.73 Å². The van der Waals surface area contributed by atoms with Crippen LogP contribution in [0.15, 0.2) is 36.4 Å². The quantitative estimate of drug-likeness (QED) is 0.899. The van der Waals surface area contributed by atoms with Gasteiger partial charge in [-0.25, -0.2) is 4.79 Å². The third-order valence-corrected chi connectivity index (χ3v) is 3.90. The summed E-state index contributed by atoms with van der Waals surface area (Å²) >= 11 is 0. The van der Waals surface area contributed by atoms with Gasteiger partial charge in [0.25, 0.3) is 0 Å². The summed E-state index contributed by atoms with van der Waals surface area (Å²) in [6.45, 7) is 5.56. The van der Waals surface area contributed by atoms with Gasteiger partial charge in [-0.05, 0) is 38.5 Å². The molecule has 0 spiro atoms. The van der Waals surface area contributed by atoms with Crippen LogP contribution in [0, 0.1) is 6.92 Å². The SMILES string of the molecule is COc1cc(C(C)(C)OC(N)=O)cc(OC)c1-c1ccc(C)cc1. The fourth-order valence-electron chi connectivity index (χ4n) is 2.57. The first kappa shape index (κ1) is 17.7. The summed E-state index contributed by atoms with van der Waals surface area (Å²) in [6.07, 6.45) is -0.833. The number of amides is 1. The van der Waals surface area contributed by atoms with Gasteiger partial charge in [0.1, 0.15) is 17.1 Å². The van der Waals surface area contributed by atoms with Crippen LogP contribution in [-0.2, 0) is 10.3 Å². The first-order chi connectivity index (χ1) is 11.3. The van der Waals surface area contributed by atoms with E-state index in [9.17, 15) is 4.79 Å². The van der Waals surface area contributed by atoms with Crippen LogP contribution >= 0.6 is 0 Å². The lowest BCUT2D eigenvalue weighted by Crippen LogP contribution is -2.29. The maximum atomic E-state index is 11.2. The van der Waals surface area contributed by atoms with Crippen LogP contribution in [0.3, 0.4) is 0 Å². The van der Waals surface area contributed by atoms with Crippen molar-refractivity contribution >= 4 is 6.09 Å². The lowest BCUT2D eigenvalue weighted by Gasteiger charge is -2.26. The molecule has 2 aromatic rings. The number of nitrogens with two attached hydrogens (primary N) is 1. The largest absolute Gasteiger partial charge is 0.496 e. The Hall–Kier alpha value is -2.69. The van der Waals surface area contributed by atoms with Crippen molar-refractivity contribution in [2.45, 2.75) is 26.4 Å². The molecule has 5 heteroatoms. The van der Waals surface area contributed by atoms with E-state index in [4.69, 9.17) is 19.9 Å². The number of hydrogen-bond donors (Lipinski definition) is 1. The van der Waals surface area contributed by atoms with E-state index in [1.165, 1.54) is 5.56 Å². The van der Waals surface area contributed by atoms with Gasteiger partial charge in [-0.1, -0.05) is 29.8 Å². The first-order valence-corrected chi connectivity index (χ1v) is 7.60. The molecule has 0 saturated carbocycles. The predicted molar refractivity (Wildman–Crippen MR) is 93.4 cm³/mol. The maximum absolute atomic E-state index is 11.2. The van der Waals surface area contributed by atoms with E-state index in [2.05, 4.69) is 0 Å². The molecule has 1 amide bonds. The smallest absolute Gasteiger partial charge is 0.405 e. The Morgan fingerprint density at radius 3 is 1.92 bits per heavy atom. The van der Waals surface area contributed by atoms with Gasteiger partial charge in [0.05, 0.1) is 19.8 Å². The lowest BCUT2D eigenvalue weighted by atomic mass is 9.93. The van der Waals surface area contributed by atoms with E-state index in [0.29, 0.717) is 11.5 Å². The second kappa shape index (κ2) is 6.83. The number of aryl methyl sites for hydroxylation is 1. The van der Waals surface area contributed by atoms with E-state index < -0.39 is 11.7 Å². The highest BCUT2D eigenvalue weighted by molar-refractivity contribution is 5.78. The molecule has 24 heavy (non-hydrogen) atoms. The molecule has 2 N–H and O–H groups in total. The molecule has 0 atom stereocenters. The Morgan fingerprint density at radius 2 is 1.50 bits per heavy atom. The number of hydrogen-bond acceptors (Lipinski definition) is 4. The predicted octanol–water partition coefficient (Wildman–Crippen LogP) is 4.01. The van der Waals surface area contributed by atoms with E-state index in [1.54, 1.807) is 28.1 Å². The van der Waals surface area contributed by atoms with Gasteiger partial charge < -0.3 is 19.9 Å². The molecule has 2 aromatic carbocycles. The number of carbonyl (C=O) groups excluding carboxylic acids is 1. The van der Waals surface area contributed by atoms with Crippen molar-refractivity contribution in [3.8, 4) is 22.6 Å². The highest BCUT2D eigenvalue weighted by Crippen LogP contribution is 2.42. The molecule has 0 fully saturated rings. The Labute approximate surface area is 142 Å². The zero-order valence-corrected chi connectivity index (χ0v) is 14.7. The summed E-state index contributed by atoms with van der Waals surface area (Å²) in [5.41, 5.74) is 7.99. The molecule has 0 radical (unpaired) electrons. The number of benzene rings is 2. The summed E-state index contributed by atoms with van der Waals surface area (Å²) in [6, 6.07) is 11.8. The topological polar surface area (TPSA) is 70.8 Å². The molecule has 0 aliphatic rings. The molecule has 2 rings (SSSR count). The van der Waals surface area contributed by atoms with Crippen LogP contribution < -0.4 is 15.2 Å². The highest BCUT2D eigenvalue weighted by Gasteiger charge is 2.27. The van der Waals surface area contributed by atoms with Crippen LogP contribution in [0.2, 0.25) is 0 Å². The molecule has 0 heterocycles. The third-order valence-electron chi connectivity index (χ3n) is 3.90. The molecule has 0 unspecified atom stereocenters. The van der Waals surface area contributed by atoms with Gasteiger partial charge in [0, 0.05) is 5.56 Å². The minimum Gasteiger partial charge on any atom is -0.496 e. The molecule has 0 aliphatic heterocycles. The summed E-state index contributed by atoms with van der Waals surface area (Å²) in [5.74, 6) is 1.27. The van der Waals surface area contributed by atoms with Crippen LogP contribution in [0.4, 0.5) is 4.79 Å².